The fourth-order valence-electron chi connectivity index (χ4n) is 0.667. The molecule has 1 aromatic heterocycles. The van der Waals surface area contributed by atoms with E-state index in [9.17, 15) is 4.79 Å². The Morgan fingerprint density at radius 2 is 2.33 bits per heavy atom. The molecule has 0 aliphatic heterocycles. The van der Waals surface area contributed by atoms with Crippen LogP contribution < -0.4 is 16.6 Å². The maximum Gasteiger partial charge on any atom is 0.330 e. The van der Waals surface area contributed by atoms with E-state index in [1.165, 1.54) is 0 Å². The van der Waals surface area contributed by atoms with Gasteiger partial charge in [-0.15, -0.1) is 0 Å². The van der Waals surface area contributed by atoms with E-state index in [-0.39, 0.29) is 0 Å². The molecule has 5 heteroatoms. The largest absolute Gasteiger partial charge is 0.350 e. The van der Waals surface area contributed by atoms with E-state index in [4.69, 9.17) is 5.73 Å². The quantitative estimate of drug-likeness (QED) is 0.556. The average molecular weight is 166 g/mol. The van der Waals surface area contributed by atoms with E-state index in [1.54, 1.807) is 12.3 Å². The lowest BCUT2D eigenvalue weighted by molar-refractivity contribution is 0.250. The number of nitrogens with one attached hydrogen (secondary N) is 2. The maximum atomic E-state index is 10.3. The first kappa shape index (κ1) is 8.32. The SMILES string of the molecule is Cc1ccc(NNC(N)=O)nc1. The highest BCUT2D eigenvalue weighted by Crippen LogP contribution is 2.01. The molecule has 2 amide bonds. The molecule has 1 heterocycles. The minimum atomic E-state index is -0.641. The van der Waals surface area contributed by atoms with Crippen LogP contribution in [-0.2, 0) is 0 Å². The van der Waals surface area contributed by atoms with Crippen molar-refractivity contribution in [1.29, 1.82) is 0 Å². The predicted octanol–water partition coefficient (Wildman–Crippen LogP) is 0.385. The number of urea groups is 1. The van der Waals surface area contributed by atoms with Gasteiger partial charge in [-0.2, -0.15) is 0 Å². The normalized spacial score (nSPS) is 9.08. The number of hydrogen-bond acceptors (Lipinski definition) is 3. The van der Waals surface area contributed by atoms with Crippen molar-refractivity contribution in [2.24, 2.45) is 5.73 Å². The number of anilines is 1. The number of carbonyl (C=O) groups is 1. The molecular formula is C7H10N4O. The summed E-state index contributed by atoms with van der Waals surface area (Å²) in [5.41, 5.74) is 10.6. The minimum absolute atomic E-state index is 0.555. The van der Waals surface area contributed by atoms with Crippen molar-refractivity contribution in [2.75, 3.05) is 5.43 Å². The summed E-state index contributed by atoms with van der Waals surface area (Å²) < 4.78 is 0. The molecule has 0 saturated heterocycles. The van der Waals surface area contributed by atoms with Gasteiger partial charge in [0.1, 0.15) is 5.82 Å². The van der Waals surface area contributed by atoms with Crippen molar-refractivity contribution in [3.05, 3.63) is 23.9 Å². The zero-order chi connectivity index (χ0) is 8.97. The number of primary amides is 1. The summed E-state index contributed by atoms with van der Waals surface area (Å²) >= 11 is 0. The average Bonchev–Trinajstić information content (AvgIpc) is 2.03. The van der Waals surface area contributed by atoms with Crippen LogP contribution in [0.2, 0.25) is 0 Å². The van der Waals surface area contributed by atoms with Crippen molar-refractivity contribution in [3.8, 4) is 0 Å². The molecule has 0 unspecified atom stereocenters. The molecule has 4 N–H and O–H groups in total. The van der Waals surface area contributed by atoms with Gasteiger partial charge >= 0.3 is 6.03 Å². The van der Waals surface area contributed by atoms with Gasteiger partial charge in [-0.25, -0.2) is 9.78 Å². The number of nitrogens with zero attached hydrogens (tertiary/aromatic N) is 1. The second-order valence-electron chi connectivity index (χ2n) is 2.34. The van der Waals surface area contributed by atoms with Crippen LogP contribution in [0, 0.1) is 6.92 Å². The van der Waals surface area contributed by atoms with E-state index in [0.717, 1.165) is 5.56 Å². The Morgan fingerprint density at radius 3 is 2.83 bits per heavy atom. The van der Waals surface area contributed by atoms with Crippen molar-refractivity contribution < 1.29 is 4.79 Å². The van der Waals surface area contributed by atoms with E-state index in [0.29, 0.717) is 5.82 Å². The lowest BCUT2D eigenvalue weighted by Crippen LogP contribution is -2.34. The molecule has 0 bridgehead atoms. The van der Waals surface area contributed by atoms with Crippen LogP contribution in [0.5, 0.6) is 0 Å². The first-order valence-corrected chi connectivity index (χ1v) is 3.42. The van der Waals surface area contributed by atoms with Crippen LogP contribution in [0.15, 0.2) is 18.3 Å². The number of amides is 2. The molecule has 1 rings (SSSR count). The first-order valence-electron chi connectivity index (χ1n) is 3.42. The Bertz CT molecular complexity index is 269. The molecule has 5 nitrogen and oxygen atoms in total. The molecule has 0 aliphatic rings. The number of aromatic nitrogens is 1. The van der Waals surface area contributed by atoms with Gasteiger partial charge in [-0.05, 0) is 18.6 Å². The third-order valence-corrected chi connectivity index (χ3v) is 1.23. The zero-order valence-corrected chi connectivity index (χ0v) is 6.66. The van der Waals surface area contributed by atoms with Gasteiger partial charge in [0.25, 0.3) is 0 Å². The number of nitrogens with two attached hydrogens (primary N) is 1. The van der Waals surface area contributed by atoms with Crippen LogP contribution in [0.25, 0.3) is 0 Å². The number of pyridine rings is 1. The Balaban J connectivity index is 2.53. The second-order valence-corrected chi connectivity index (χ2v) is 2.34. The highest BCUT2D eigenvalue weighted by Gasteiger charge is 1.92. The standard InChI is InChI=1S/C7H10N4O/c1-5-2-3-6(9-4-5)10-11-7(8)12/h2-4H,1H3,(H,9,10)(H3,8,11,12). The number of rotatable bonds is 2. The van der Waals surface area contributed by atoms with Gasteiger partial charge in [0.15, 0.2) is 0 Å². The van der Waals surface area contributed by atoms with E-state index < -0.39 is 6.03 Å². The number of carbonyl (C=O) groups excluding carboxylic acids is 1. The van der Waals surface area contributed by atoms with Gasteiger partial charge in [0.2, 0.25) is 0 Å². The topological polar surface area (TPSA) is 80.0 Å². The summed E-state index contributed by atoms with van der Waals surface area (Å²) in [6, 6.07) is 2.97. The van der Waals surface area contributed by atoms with Gasteiger partial charge in [-0.1, -0.05) is 6.07 Å². The van der Waals surface area contributed by atoms with Crippen LogP contribution in [0.1, 0.15) is 5.56 Å². The number of aryl methyl sites for hydroxylation is 1. The monoisotopic (exact) mass is 166 g/mol. The van der Waals surface area contributed by atoms with Gasteiger partial charge in [0.05, 0.1) is 0 Å². The van der Waals surface area contributed by atoms with E-state index in [1.807, 2.05) is 13.0 Å². The predicted molar refractivity (Wildman–Crippen MR) is 45.3 cm³/mol. The number of hydrogen-bond donors (Lipinski definition) is 3. The molecule has 0 saturated carbocycles. The highest BCUT2D eigenvalue weighted by molar-refractivity contribution is 5.72. The molecule has 0 radical (unpaired) electrons. The van der Waals surface area contributed by atoms with Gasteiger partial charge in [0, 0.05) is 6.20 Å². The van der Waals surface area contributed by atoms with Gasteiger partial charge in [-0.3, -0.25) is 10.9 Å². The summed E-state index contributed by atoms with van der Waals surface area (Å²) in [7, 11) is 0. The van der Waals surface area contributed by atoms with Crippen molar-refractivity contribution in [3.63, 3.8) is 0 Å². The van der Waals surface area contributed by atoms with E-state index >= 15 is 0 Å². The fourth-order valence-corrected chi connectivity index (χ4v) is 0.667. The maximum absolute atomic E-state index is 10.3. The molecular weight excluding hydrogens is 156 g/mol. The molecule has 64 valence electrons. The number of hydrazine groups is 1. The minimum Gasteiger partial charge on any atom is -0.350 e. The fraction of sp³-hybridized carbons (Fsp3) is 0.143. The lowest BCUT2D eigenvalue weighted by atomic mass is 10.3. The highest BCUT2D eigenvalue weighted by atomic mass is 16.2. The summed E-state index contributed by atoms with van der Waals surface area (Å²) in [5.74, 6) is 0.555. The molecule has 0 atom stereocenters. The molecule has 0 aromatic carbocycles. The van der Waals surface area contributed by atoms with Crippen molar-refractivity contribution in [1.82, 2.24) is 10.4 Å². The Kier molecular flexibility index (Phi) is 2.47. The summed E-state index contributed by atoms with van der Waals surface area (Å²) in [4.78, 5) is 14.2. The summed E-state index contributed by atoms with van der Waals surface area (Å²) in [6.07, 6.45) is 1.69. The first-order chi connectivity index (χ1) is 5.68. The van der Waals surface area contributed by atoms with Gasteiger partial charge < -0.3 is 5.73 Å². The van der Waals surface area contributed by atoms with Crippen LogP contribution in [-0.4, -0.2) is 11.0 Å². The summed E-state index contributed by atoms with van der Waals surface area (Å²) in [6.45, 7) is 1.93. The Morgan fingerprint density at radius 1 is 1.58 bits per heavy atom. The van der Waals surface area contributed by atoms with Crippen molar-refractivity contribution >= 4 is 11.8 Å². The Labute approximate surface area is 70.0 Å². The van der Waals surface area contributed by atoms with Crippen molar-refractivity contribution in [2.45, 2.75) is 6.92 Å². The molecule has 12 heavy (non-hydrogen) atoms. The summed E-state index contributed by atoms with van der Waals surface area (Å²) in [5, 5.41) is 0. The third-order valence-electron chi connectivity index (χ3n) is 1.23. The molecule has 0 aliphatic carbocycles. The molecule has 0 fully saturated rings. The third kappa shape index (κ3) is 2.45. The van der Waals surface area contributed by atoms with E-state index in [2.05, 4.69) is 15.8 Å². The molecule has 1 aromatic rings. The van der Waals surface area contributed by atoms with Crippen LogP contribution in [0.3, 0.4) is 0 Å². The molecule has 0 spiro atoms. The van der Waals surface area contributed by atoms with Crippen LogP contribution >= 0.6 is 0 Å². The lowest BCUT2D eigenvalue weighted by Gasteiger charge is -2.03. The zero-order valence-electron chi connectivity index (χ0n) is 6.66. The van der Waals surface area contributed by atoms with Crippen LogP contribution in [0.4, 0.5) is 10.6 Å². The Hall–Kier alpha value is -1.78. The smallest absolute Gasteiger partial charge is 0.330 e. The second kappa shape index (κ2) is 3.56.